The minimum atomic E-state index is -1.68. The number of rotatable bonds is 1. The molecule has 1 aromatic rings. The zero-order valence-electron chi connectivity index (χ0n) is 7.61. The monoisotopic (exact) mass is 206 g/mol. The molecular weight excluding hydrogens is 197 g/mol. The molecule has 1 rings (SSSR count). The van der Waals surface area contributed by atoms with Crippen molar-refractivity contribution in [2.45, 2.75) is 19.4 Å². The van der Waals surface area contributed by atoms with Crippen LogP contribution >= 0.6 is 0 Å². The van der Waals surface area contributed by atoms with Gasteiger partial charge >= 0.3 is 0 Å². The van der Waals surface area contributed by atoms with Gasteiger partial charge in [0.2, 0.25) is 5.82 Å². The number of hydrogen-bond acceptors (Lipinski definition) is 2. The van der Waals surface area contributed by atoms with Crippen molar-refractivity contribution >= 4 is 0 Å². The average molecular weight is 206 g/mol. The highest BCUT2D eigenvalue weighted by Crippen LogP contribution is 2.31. The fourth-order valence-electron chi connectivity index (χ4n) is 1.04. The Kier molecular flexibility index (Phi) is 2.45. The Balaban J connectivity index is 3.49. The summed E-state index contributed by atoms with van der Waals surface area (Å²) in [6, 6.07) is 0.518. The molecule has 0 amide bonds. The van der Waals surface area contributed by atoms with Crippen LogP contribution in [0.3, 0.4) is 0 Å². The third kappa shape index (κ3) is 1.68. The lowest BCUT2D eigenvalue weighted by Crippen LogP contribution is -2.18. The maximum absolute atomic E-state index is 13.1. The van der Waals surface area contributed by atoms with E-state index in [2.05, 4.69) is 0 Å². The molecule has 0 unspecified atom stereocenters. The van der Waals surface area contributed by atoms with Crippen molar-refractivity contribution in [3.8, 4) is 5.75 Å². The molecule has 0 heterocycles. The number of aromatic hydroxyl groups is 1. The van der Waals surface area contributed by atoms with E-state index < -0.39 is 34.4 Å². The Morgan fingerprint density at radius 1 is 1.14 bits per heavy atom. The van der Waals surface area contributed by atoms with Gasteiger partial charge in [0.05, 0.1) is 5.60 Å². The third-order valence-corrected chi connectivity index (χ3v) is 1.79. The average Bonchev–Trinajstić information content (AvgIpc) is 2.06. The molecule has 0 aliphatic heterocycles. The molecule has 0 atom stereocenters. The van der Waals surface area contributed by atoms with E-state index >= 15 is 0 Å². The second kappa shape index (κ2) is 3.16. The lowest BCUT2D eigenvalue weighted by molar-refractivity contribution is 0.0731. The topological polar surface area (TPSA) is 40.5 Å². The summed E-state index contributed by atoms with van der Waals surface area (Å²) in [5.41, 5.74) is -2.18. The van der Waals surface area contributed by atoms with Gasteiger partial charge in [0.15, 0.2) is 17.4 Å². The van der Waals surface area contributed by atoms with Gasteiger partial charge < -0.3 is 10.2 Å². The molecule has 0 aromatic heterocycles. The van der Waals surface area contributed by atoms with E-state index in [-0.39, 0.29) is 0 Å². The molecule has 0 spiro atoms. The summed E-state index contributed by atoms with van der Waals surface area (Å²) < 4.78 is 38.5. The number of phenols is 1. The molecule has 0 aliphatic carbocycles. The van der Waals surface area contributed by atoms with Crippen LogP contribution in [0.2, 0.25) is 0 Å². The standard InChI is InChI=1S/C9H9F3O2/c1-9(2,14)4-3-5(10)7(12)8(13)6(4)11/h3,13-14H,1-2H3. The summed E-state index contributed by atoms with van der Waals surface area (Å²) in [6.07, 6.45) is 0. The van der Waals surface area contributed by atoms with Gasteiger partial charge in [-0.1, -0.05) is 0 Å². The van der Waals surface area contributed by atoms with Crippen LogP contribution in [0.25, 0.3) is 0 Å². The van der Waals surface area contributed by atoms with Gasteiger partial charge in [-0.25, -0.2) is 8.78 Å². The van der Waals surface area contributed by atoms with Crippen molar-refractivity contribution in [2.75, 3.05) is 0 Å². The van der Waals surface area contributed by atoms with Crippen molar-refractivity contribution in [1.82, 2.24) is 0 Å². The first-order valence-corrected chi connectivity index (χ1v) is 3.84. The van der Waals surface area contributed by atoms with Crippen LogP contribution in [0.4, 0.5) is 13.2 Å². The van der Waals surface area contributed by atoms with Crippen LogP contribution in [0.15, 0.2) is 6.07 Å². The van der Waals surface area contributed by atoms with Crippen LogP contribution < -0.4 is 0 Å². The van der Waals surface area contributed by atoms with Crippen LogP contribution in [-0.2, 0) is 5.60 Å². The number of phenolic OH excluding ortho intramolecular Hbond substituents is 1. The van der Waals surface area contributed by atoms with E-state index in [4.69, 9.17) is 5.11 Å². The van der Waals surface area contributed by atoms with Gasteiger partial charge in [-0.2, -0.15) is 4.39 Å². The Morgan fingerprint density at radius 3 is 2.07 bits per heavy atom. The van der Waals surface area contributed by atoms with E-state index in [0.29, 0.717) is 6.07 Å². The van der Waals surface area contributed by atoms with E-state index in [0.717, 1.165) is 0 Å². The van der Waals surface area contributed by atoms with Crippen molar-refractivity contribution < 1.29 is 23.4 Å². The van der Waals surface area contributed by atoms with Gasteiger partial charge in [0.25, 0.3) is 0 Å². The molecule has 1 aromatic carbocycles. The summed E-state index contributed by atoms with van der Waals surface area (Å²) in [6.45, 7) is 2.39. The second-order valence-electron chi connectivity index (χ2n) is 3.44. The zero-order chi connectivity index (χ0) is 11.1. The number of halogens is 3. The minimum Gasteiger partial charge on any atom is -0.503 e. The molecule has 78 valence electrons. The van der Waals surface area contributed by atoms with Crippen molar-refractivity contribution in [3.05, 3.63) is 29.1 Å². The maximum Gasteiger partial charge on any atom is 0.203 e. The van der Waals surface area contributed by atoms with Gasteiger partial charge in [-0.15, -0.1) is 0 Å². The van der Waals surface area contributed by atoms with E-state index in [1.54, 1.807) is 0 Å². The van der Waals surface area contributed by atoms with Crippen molar-refractivity contribution in [2.24, 2.45) is 0 Å². The van der Waals surface area contributed by atoms with Gasteiger partial charge in [0.1, 0.15) is 0 Å². The number of aliphatic hydroxyl groups is 1. The normalized spacial score (nSPS) is 11.9. The highest BCUT2D eigenvalue weighted by atomic mass is 19.2. The molecule has 14 heavy (non-hydrogen) atoms. The lowest BCUT2D eigenvalue weighted by Gasteiger charge is -2.19. The van der Waals surface area contributed by atoms with Gasteiger partial charge in [-0.05, 0) is 19.9 Å². The van der Waals surface area contributed by atoms with Crippen LogP contribution in [0, 0.1) is 17.5 Å². The lowest BCUT2D eigenvalue weighted by atomic mass is 9.97. The Morgan fingerprint density at radius 2 is 1.64 bits per heavy atom. The SMILES string of the molecule is CC(C)(O)c1cc(F)c(F)c(O)c1F. The van der Waals surface area contributed by atoms with Crippen LogP contribution in [-0.4, -0.2) is 10.2 Å². The molecule has 0 aliphatic rings. The number of benzene rings is 1. The summed E-state index contributed by atoms with van der Waals surface area (Å²) in [4.78, 5) is 0. The molecule has 0 saturated carbocycles. The van der Waals surface area contributed by atoms with Gasteiger partial charge in [-0.3, -0.25) is 0 Å². The molecule has 2 N–H and O–H groups in total. The van der Waals surface area contributed by atoms with E-state index in [1.807, 2.05) is 0 Å². The first kappa shape index (κ1) is 10.8. The van der Waals surface area contributed by atoms with Crippen molar-refractivity contribution in [3.63, 3.8) is 0 Å². The molecular formula is C9H9F3O2. The Hall–Kier alpha value is -1.23. The molecule has 0 radical (unpaired) electrons. The first-order valence-electron chi connectivity index (χ1n) is 3.84. The molecule has 0 fully saturated rings. The van der Waals surface area contributed by atoms with E-state index in [1.165, 1.54) is 13.8 Å². The minimum absolute atomic E-state index is 0.492. The molecule has 0 bridgehead atoms. The largest absolute Gasteiger partial charge is 0.503 e. The first-order chi connectivity index (χ1) is 6.25. The summed E-state index contributed by atoms with van der Waals surface area (Å²) in [5.74, 6) is -5.82. The predicted molar refractivity (Wildman–Crippen MR) is 43.2 cm³/mol. The highest BCUT2D eigenvalue weighted by Gasteiger charge is 2.27. The Bertz CT molecular complexity index is 369. The van der Waals surface area contributed by atoms with Crippen LogP contribution in [0.1, 0.15) is 19.4 Å². The maximum atomic E-state index is 13.1. The summed E-state index contributed by atoms with van der Waals surface area (Å²) >= 11 is 0. The van der Waals surface area contributed by atoms with Crippen LogP contribution in [0.5, 0.6) is 5.75 Å². The smallest absolute Gasteiger partial charge is 0.203 e. The molecule has 5 heteroatoms. The van der Waals surface area contributed by atoms with Gasteiger partial charge in [0, 0.05) is 5.56 Å². The summed E-state index contributed by atoms with van der Waals surface area (Å²) in [5, 5.41) is 18.2. The fraction of sp³-hybridized carbons (Fsp3) is 0.333. The van der Waals surface area contributed by atoms with Crippen molar-refractivity contribution in [1.29, 1.82) is 0 Å². The number of hydrogen-bond donors (Lipinski definition) is 2. The zero-order valence-corrected chi connectivity index (χ0v) is 7.61. The highest BCUT2D eigenvalue weighted by molar-refractivity contribution is 5.35. The molecule has 2 nitrogen and oxygen atoms in total. The Labute approximate surface area is 78.6 Å². The third-order valence-electron chi connectivity index (χ3n) is 1.79. The second-order valence-corrected chi connectivity index (χ2v) is 3.44. The fourth-order valence-corrected chi connectivity index (χ4v) is 1.04. The van der Waals surface area contributed by atoms with E-state index in [9.17, 15) is 18.3 Å². The predicted octanol–water partition coefficient (Wildman–Crippen LogP) is 2.04. The summed E-state index contributed by atoms with van der Waals surface area (Å²) in [7, 11) is 0. The molecule has 0 saturated heterocycles. The quantitative estimate of drug-likeness (QED) is 0.690.